The van der Waals surface area contributed by atoms with E-state index in [1.54, 1.807) is 12.1 Å². The lowest BCUT2D eigenvalue weighted by Crippen LogP contribution is -2.34. The van der Waals surface area contributed by atoms with Crippen LogP contribution in [0.15, 0.2) is 24.3 Å². The Hall–Kier alpha value is -2.27. The van der Waals surface area contributed by atoms with Crippen LogP contribution >= 0.6 is 0 Å². The molecule has 3 N–H and O–H groups in total. The summed E-state index contributed by atoms with van der Waals surface area (Å²) < 4.78 is 59.8. The van der Waals surface area contributed by atoms with Crippen LogP contribution in [0.4, 0.5) is 10.5 Å². The summed E-state index contributed by atoms with van der Waals surface area (Å²) in [5.74, 6) is 0.768. The lowest BCUT2D eigenvalue weighted by Gasteiger charge is -2.19. The number of benzene rings is 1. The van der Waals surface area contributed by atoms with Gasteiger partial charge in [-0.15, -0.1) is 0 Å². The molecule has 1 amide bonds. The molecule has 0 aliphatic carbocycles. The van der Waals surface area contributed by atoms with E-state index in [0.717, 1.165) is 5.75 Å². The summed E-state index contributed by atoms with van der Waals surface area (Å²) in [4.78, 5) is 11.5. The molecular weight excluding hydrogens is 592 g/mol. The number of ether oxygens (including phenoxy) is 11. The van der Waals surface area contributed by atoms with Crippen LogP contribution in [-0.4, -0.2) is 144 Å². The number of rotatable bonds is 31. The van der Waals surface area contributed by atoms with Crippen molar-refractivity contribution < 1.29 is 56.9 Å². The molecule has 0 fully saturated rings. The SMILES string of the molecule is CC(C)(C)OC(=O)NCCOCCOCCOCCOCCOCCOCCOCCOCCOCCOc1ccc(N)cc1. The third-order valence-electron chi connectivity index (χ3n) is 5.27. The normalized spacial score (nSPS) is 11.5. The number of carbonyl (C=O) groups excluding carboxylic acids is 1. The Bertz CT molecular complexity index is 796. The van der Waals surface area contributed by atoms with Crippen molar-refractivity contribution in [3.63, 3.8) is 0 Å². The zero-order valence-corrected chi connectivity index (χ0v) is 27.4. The molecule has 0 aliphatic rings. The average Bonchev–Trinajstić information content (AvgIpc) is 3.00. The van der Waals surface area contributed by atoms with Crippen molar-refractivity contribution in [3.05, 3.63) is 24.3 Å². The number of nitrogen functional groups attached to an aromatic ring is 1. The molecule has 0 saturated carbocycles. The predicted molar refractivity (Wildman–Crippen MR) is 168 cm³/mol. The van der Waals surface area contributed by atoms with Gasteiger partial charge < -0.3 is 63.2 Å². The molecular formula is C31H56N2O12. The van der Waals surface area contributed by atoms with Crippen LogP contribution in [0.2, 0.25) is 0 Å². The smallest absolute Gasteiger partial charge is 0.407 e. The van der Waals surface area contributed by atoms with Gasteiger partial charge in [-0.1, -0.05) is 0 Å². The van der Waals surface area contributed by atoms with Crippen molar-refractivity contribution in [3.8, 4) is 5.75 Å². The average molecular weight is 649 g/mol. The first kappa shape index (κ1) is 40.8. The molecule has 0 aromatic heterocycles. The summed E-state index contributed by atoms with van der Waals surface area (Å²) in [6.07, 6.45) is -0.453. The summed E-state index contributed by atoms with van der Waals surface area (Å²) in [6.45, 7) is 15.0. The van der Waals surface area contributed by atoms with Gasteiger partial charge in [0.1, 0.15) is 18.0 Å². The quantitative estimate of drug-likeness (QED) is 0.0894. The van der Waals surface area contributed by atoms with Gasteiger partial charge in [-0.3, -0.25) is 0 Å². The van der Waals surface area contributed by atoms with Gasteiger partial charge in [0.25, 0.3) is 0 Å². The Kier molecular flexibility index (Phi) is 26.4. The summed E-state index contributed by atoms with van der Waals surface area (Å²) in [6, 6.07) is 7.25. The molecule has 262 valence electrons. The van der Waals surface area contributed by atoms with Crippen LogP contribution in [0.3, 0.4) is 0 Å². The third-order valence-corrected chi connectivity index (χ3v) is 5.27. The van der Waals surface area contributed by atoms with Gasteiger partial charge in [0.05, 0.1) is 119 Å². The van der Waals surface area contributed by atoms with Crippen LogP contribution < -0.4 is 15.8 Å². The van der Waals surface area contributed by atoms with Gasteiger partial charge in [0.2, 0.25) is 0 Å². The van der Waals surface area contributed by atoms with E-state index >= 15 is 0 Å². The number of anilines is 1. The van der Waals surface area contributed by atoms with Gasteiger partial charge >= 0.3 is 6.09 Å². The largest absolute Gasteiger partial charge is 0.491 e. The molecule has 0 aliphatic heterocycles. The number of amides is 1. The minimum Gasteiger partial charge on any atom is -0.491 e. The number of nitrogens with one attached hydrogen (secondary N) is 1. The second kappa shape index (κ2) is 29.2. The molecule has 0 radical (unpaired) electrons. The Labute approximate surface area is 268 Å². The van der Waals surface area contributed by atoms with E-state index in [2.05, 4.69) is 5.32 Å². The molecule has 14 heteroatoms. The van der Waals surface area contributed by atoms with Crippen molar-refractivity contribution in [2.45, 2.75) is 26.4 Å². The lowest BCUT2D eigenvalue weighted by molar-refractivity contribution is -0.0253. The standard InChI is InChI=1S/C31H56N2O12/c1-31(2,3)45-30(34)33-8-9-35-10-11-36-12-13-37-14-15-38-16-17-39-18-19-40-20-21-41-22-23-42-24-25-43-26-27-44-29-6-4-28(32)5-7-29/h4-7H,8-27,32H2,1-3H3,(H,33,34). The first-order chi connectivity index (χ1) is 21.9. The Morgan fingerprint density at radius 2 is 0.844 bits per heavy atom. The first-order valence-corrected chi connectivity index (χ1v) is 15.5. The zero-order valence-electron chi connectivity index (χ0n) is 27.4. The van der Waals surface area contributed by atoms with Crippen LogP contribution in [0.25, 0.3) is 0 Å². The molecule has 0 spiro atoms. The zero-order chi connectivity index (χ0) is 32.7. The fraction of sp³-hybridized carbons (Fsp3) is 0.774. The number of carbonyl (C=O) groups is 1. The number of alkyl carbamates (subject to hydrolysis) is 1. The van der Waals surface area contributed by atoms with E-state index < -0.39 is 11.7 Å². The van der Waals surface area contributed by atoms with E-state index in [-0.39, 0.29) is 0 Å². The van der Waals surface area contributed by atoms with E-state index in [9.17, 15) is 4.79 Å². The number of hydrogen-bond donors (Lipinski definition) is 2. The Morgan fingerprint density at radius 1 is 0.533 bits per heavy atom. The third kappa shape index (κ3) is 30.2. The van der Waals surface area contributed by atoms with Crippen molar-refractivity contribution in [1.82, 2.24) is 5.32 Å². The van der Waals surface area contributed by atoms with Gasteiger partial charge in [-0.05, 0) is 45.0 Å². The minimum absolute atomic E-state index is 0.382. The van der Waals surface area contributed by atoms with Gasteiger partial charge in [0.15, 0.2) is 0 Å². The maximum absolute atomic E-state index is 11.5. The molecule has 0 unspecified atom stereocenters. The number of hydrogen-bond acceptors (Lipinski definition) is 13. The highest BCUT2D eigenvalue weighted by Crippen LogP contribution is 2.12. The van der Waals surface area contributed by atoms with E-state index in [0.29, 0.717) is 138 Å². The topological polar surface area (TPSA) is 157 Å². The maximum atomic E-state index is 11.5. The minimum atomic E-state index is -0.511. The molecule has 45 heavy (non-hydrogen) atoms. The number of nitrogens with two attached hydrogens (primary N) is 1. The van der Waals surface area contributed by atoms with Crippen molar-refractivity contribution >= 4 is 11.8 Å². The highest BCUT2D eigenvalue weighted by Gasteiger charge is 2.15. The van der Waals surface area contributed by atoms with E-state index in [1.807, 2.05) is 32.9 Å². The highest BCUT2D eigenvalue weighted by molar-refractivity contribution is 5.67. The fourth-order valence-electron chi connectivity index (χ4n) is 3.18. The summed E-state index contributed by atoms with van der Waals surface area (Å²) in [5.41, 5.74) is 5.83. The summed E-state index contributed by atoms with van der Waals surface area (Å²) in [5, 5.41) is 2.63. The van der Waals surface area contributed by atoms with Gasteiger partial charge in [-0.2, -0.15) is 0 Å². The maximum Gasteiger partial charge on any atom is 0.407 e. The Morgan fingerprint density at radius 3 is 1.18 bits per heavy atom. The van der Waals surface area contributed by atoms with E-state index in [1.165, 1.54) is 0 Å². The monoisotopic (exact) mass is 648 g/mol. The predicted octanol–water partition coefficient (Wildman–Crippen LogP) is 2.32. The molecule has 1 rings (SSSR count). The molecule has 0 saturated heterocycles. The summed E-state index contributed by atoms with van der Waals surface area (Å²) in [7, 11) is 0. The van der Waals surface area contributed by atoms with E-state index in [4.69, 9.17) is 57.8 Å². The molecule has 1 aromatic rings. The summed E-state index contributed by atoms with van der Waals surface area (Å²) >= 11 is 0. The fourth-order valence-corrected chi connectivity index (χ4v) is 3.18. The van der Waals surface area contributed by atoms with Crippen LogP contribution in [-0.2, 0) is 47.4 Å². The van der Waals surface area contributed by atoms with Gasteiger partial charge in [0, 0.05) is 12.2 Å². The molecule has 0 atom stereocenters. The second-order valence-corrected chi connectivity index (χ2v) is 10.4. The van der Waals surface area contributed by atoms with Crippen molar-refractivity contribution in [2.75, 3.05) is 138 Å². The molecule has 1 aromatic carbocycles. The second-order valence-electron chi connectivity index (χ2n) is 10.4. The van der Waals surface area contributed by atoms with Gasteiger partial charge in [-0.25, -0.2) is 4.79 Å². The Balaban J connectivity index is 1.65. The van der Waals surface area contributed by atoms with Crippen LogP contribution in [0.1, 0.15) is 20.8 Å². The first-order valence-electron chi connectivity index (χ1n) is 15.5. The lowest BCUT2D eigenvalue weighted by atomic mass is 10.2. The molecule has 0 heterocycles. The van der Waals surface area contributed by atoms with Crippen LogP contribution in [0, 0.1) is 0 Å². The van der Waals surface area contributed by atoms with Crippen molar-refractivity contribution in [2.24, 2.45) is 0 Å². The highest BCUT2D eigenvalue weighted by atomic mass is 16.6. The molecule has 14 nitrogen and oxygen atoms in total. The van der Waals surface area contributed by atoms with Crippen molar-refractivity contribution in [1.29, 1.82) is 0 Å². The molecule has 0 bridgehead atoms. The van der Waals surface area contributed by atoms with Crippen LogP contribution in [0.5, 0.6) is 5.75 Å².